The molecule has 1 aliphatic rings. The van der Waals surface area contributed by atoms with Crippen LogP contribution >= 0.6 is 0 Å². The Morgan fingerprint density at radius 3 is 2.22 bits per heavy atom. The van der Waals surface area contributed by atoms with Gasteiger partial charge in [0.2, 0.25) is 0 Å². The molecule has 3 rings (SSSR count). The van der Waals surface area contributed by atoms with E-state index in [1.807, 2.05) is 48.5 Å². The van der Waals surface area contributed by atoms with Gasteiger partial charge in [-0.2, -0.15) is 5.48 Å². The number of nitrogens with one attached hydrogen (secondary N) is 2. The monoisotopic (exact) mass is 376 g/mol. The van der Waals surface area contributed by atoms with E-state index in [1.165, 1.54) is 0 Å². The Kier molecular flexibility index (Phi) is 6.49. The molecule has 1 fully saturated rings. The molecule has 144 valence electrons. The SMILES string of the molecule is O=C(OCc1ccccc1)[C@@H]1CC(F)(F)C(NOCc2ccccc2)CN1. The number of alkyl halides is 2. The van der Waals surface area contributed by atoms with Crippen LogP contribution in [-0.2, 0) is 27.6 Å². The van der Waals surface area contributed by atoms with Gasteiger partial charge in [0, 0.05) is 13.0 Å². The van der Waals surface area contributed by atoms with E-state index < -0.39 is 30.4 Å². The number of carbonyl (C=O) groups is 1. The van der Waals surface area contributed by atoms with E-state index in [9.17, 15) is 13.6 Å². The van der Waals surface area contributed by atoms with Crippen LogP contribution in [0.4, 0.5) is 8.78 Å². The lowest BCUT2D eigenvalue weighted by molar-refractivity contribution is -0.159. The summed E-state index contributed by atoms with van der Waals surface area (Å²) in [6.45, 7) is 0.133. The van der Waals surface area contributed by atoms with Gasteiger partial charge in [0.15, 0.2) is 0 Å². The molecule has 1 unspecified atom stereocenters. The molecule has 0 aromatic heterocycles. The number of hydrogen-bond donors (Lipinski definition) is 2. The molecule has 5 nitrogen and oxygen atoms in total. The summed E-state index contributed by atoms with van der Waals surface area (Å²) in [6.07, 6.45) is -0.646. The van der Waals surface area contributed by atoms with Crippen molar-refractivity contribution in [2.45, 2.75) is 37.6 Å². The van der Waals surface area contributed by atoms with E-state index in [4.69, 9.17) is 9.57 Å². The summed E-state index contributed by atoms with van der Waals surface area (Å²) in [5.41, 5.74) is 4.10. The lowest BCUT2D eigenvalue weighted by Gasteiger charge is -2.35. The molecular weight excluding hydrogens is 354 g/mol. The fraction of sp³-hybridized carbons (Fsp3) is 0.350. The maximum atomic E-state index is 14.4. The van der Waals surface area contributed by atoms with Crippen LogP contribution in [0.2, 0.25) is 0 Å². The zero-order valence-electron chi connectivity index (χ0n) is 14.7. The van der Waals surface area contributed by atoms with Crippen LogP contribution in [-0.4, -0.2) is 30.5 Å². The number of halogens is 2. The van der Waals surface area contributed by atoms with Gasteiger partial charge in [-0.05, 0) is 11.1 Å². The molecule has 1 aliphatic heterocycles. The molecule has 2 aromatic rings. The smallest absolute Gasteiger partial charge is 0.323 e. The highest BCUT2D eigenvalue weighted by molar-refractivity contribution is 5.76. The van der Waals surface area contributed by atoms with Gasteiger partial charge in [-0.1, -0.05) is 60.7 Å². The first-order chi connectivity index (χ1) is 13.0. The Balaban J connectivity index is 1.45. The van der Waals surface area contributed by atoms with Crippen molar-refractivity contribution >= 4 is 5.97 Å². The molecule has 2 N–H and O–H groups in total. The fourth-order valence-corrected chi connectivity index (χ4v) is 2.82. The van der Waals surface area contributed by atoms with E-state index in [0.717, 1.165) is 11.1 Å². The molecule has 7 heteroatoms. The number of ether oxygens (including phenoxy) is 1. The van der Waals surface area contributed by atoms with Crippen LogP contribution in [0.5, 0.6) is 0 Å². The zero-order valence-corrected chi connectivity index (χ0v) is 14.7. The quantitative estimate of drug-likeness (QED) is 0.575. The number of benzene rings is 2. The highest BCUT2D eigenvalue weighted by Gasteiger charge is 2.47. The van der Waals surface area contributed by atoms with Gasteiger partial charge >= 0.3 is 5.97 Å². The van der Waals surface area contributed by atoms with E-state index in [2.05, 4.69) is 10.8 Å². The largest absolute Gasteiger partial charge is 0.460 e. The fourth-order valence-electron chi connectivity index (χ4n) is 2.82. The number of carbonyl (C=O) groups excluding carboxylic acids is 1. The molecule has 0 radical (unpaired) electrons. The second kappa shape index (κ2) is 9.03. The van der Waals surface area contributed by atoms with Crippen molar-refractivity contribution in [1.82, 2.24) is 10.8 Å². The van der Waals surface area contributed by atoms with Gasteiger partial charge in [-0.25, -0.2) is 8.78 Å². The molecule has 1 heterocycles. The Labute approximate surface area is 156 Å². The van der Waals surface area contributed by atoms with Gasteiger partial charge in [0.1, 0.15) is 18.7 Å². The zero-order chi connectivity index (χ0) is 19.1. The number of esters is 1. The second-order valence-electron chi connectivity index (χ2n) is 6.46. The molecule has 0 saturated carbocycles. The molecule has 0 bridgehead atoms. The predicted molar refractivity (Wildman–Crippen MR) is 95.7 cm³/mol. The molecule has 2 aromatic carbocycles. The Morgan fingerprint density at radius 2 is 1.63 bits per heavy atom. The van der Waals surface area contributed by atoms with Crippen LogP contribution in [0.25, 0.3) is 0 Å². The van der Waals surface area contributed by atoms with E-state index >= 15 is 0 Å². The van der Waals surface area contributed by atoms with Crippen molar-refractivity contribution in [3.63, 3.8) is 0 Å². The average molecular weight is 376 g/mol. The van der Waals surface area contributed by atoms with Crippen molar-refractivity contribution in [3.8, 4) is 0 Å². The Morgan fingerprint density at radius 1 is 1.04 bits per heavy atom. The highest BCUT2D eigenvalue weighted by Crippen LogP contribution is 2.29. The third kappa shape index (κ3) is 5.56. The van der Waals surface area contributed by atoms with Crippen LogP contribution in [0.3, 0.4) is 0 Å². The Bertz CT molecular complexity index is 729. The number of hydrogen-bond acceptors (Lipinski definition) is 5. The molecule has 27 heavy (non-hydrogen) atoms. The second-order valence-corrected chi connectivity index (χ2v) is 6.46. The summed E-state index contributed by atoms with van der Waals surface area (Å²) in [5, 5.41) is 2.81. The van der Waals surface area contributed by atoms with Crippen molar-refractivity contribution in [2.75, 3.05) is 6.54 Å². The molecular formula is C20H22F2N2O3. The summed E-state index contributed by atoms with van der Waals surface area (Å²) in [5.74, 6) is -3.78. The summed E-state index contributed by atoms with van der Waals surface area (Å²) in [6, 6.07) is 16.1. The van der Waals surface area contributed by atoms with Crippen LogP contribution < -0.4 is 10.8 Å². The standard InChI is InChI=1S/C20H22F2N2O3/c21-20(22)11-17(19(25)26-13-15-7-3-1-4-8-15)23-12-18(20)24-27-14-16-9-5-2-6-10-16/h1-10,17-18,23-24H,11-14H2/t17-,18?/m0/s1. The highest BCUT2D eigenvalue weighted by atomic mass is 19.3. The van der Waals surface area contributed by atoms with Gasteiger partial charge in [-0.15, -0.1) is 0 Å². The maximum Gasteiger partial charge on any atom is 0.323 e. The normalized spacial score (nSPS) is 21.6. The third-order valence-electron chi connectivity index (χ3n) is 4.37. The molecule has 0 aliphatic carbocycles. The summed E-state index contributed by atoms with van der Waals surface area (Å²) in [4.78, 5) is 17.3. The molecule has 1 saturated heterocycles. The Hall–Kier alpha value is -2.35. The molecule has 0 amide bonds. The van der Waals surface area contributed by atoms with Crippen molar-refractivity contribution in [2.24, 2.45) is 0 Å². The van der Waals surface area contributed by atoms with Crippen molar-refractivity contribution in [1.29, 1.82) is 0 Å². The van der Waals surface area contributed by atoms with Gasteiger partial charge in [-0.3, -0.25) is 9.63 Å². The lowest BCUT2D eigenvalue weighted by atomic mass is 9.97. The molecule has 2 atom stereocenters. The lowest BCUT2D eigenvalue weighted by Crippen LogP contribution is -2.61. The summed E-state index contributed by atoms with van der Waals surface area (Å²) in [7, 11) is 0. The van der Waals surface area contributed by atoms with Crippen molar-refractivity contribution in [3.05, 3.63) is 71.8 Å². The first-order valence-electron chi connectivity index (χ1n) is 8.77. The minimum atomic E-state index is -3.10. The minimum Gasteiger partial charge on any atom is -0.460 e. The van der Waals surface area contributed by atoms with Gasteiger partial charge < -0.3 is 10.1 Å². The number of rotatable bonds is 7. The van der Waals surface area contributed by atoms with E-state index in [-0.39, 0.29) is 19.8 Å². The van der Waals surface area contributed by atoms with Crippen LogP contribution in [0, 0.1) is 0 Å². The van der Waals surface area contributed by atoms with E-state index in [1.54, 1.807) is 12.1 Å². The topological polar surface area (TPSA) is 59.6 Å². The molecule has 0 spiro atoms. The van der Waals surface area contributed by atoms with Crippen LogP contribution in [0.15, 0.2) is 60.7 Å². The van der Waals surface area contributed by atoms with Crippen molar-refractivity contribution < 1.29 is 23.1 Å². The number of piperidine rings is 1. The van der Waals surface area contributed by atoms with Crippen LogP contribution in [0.1, 0.15) is 17.5 Å². The van der Waals surface area contributed by atoms with Gasteiger partial charge in [0.25, 0.3) is 5.92 Å². The summed E-state index contributed by atoms with van der Waals surface area (Å²) < 4.78 is 33.9. The minimum absolute atomic E-state index is 0.0608. The summed E-state index contributed by atoms with van der Waals surface area (Å²) >= 11 is 0. The third-order valence-corrected chi connectivity index (χ3v) is 4.37. The average Bonchev–Trinajstić information content (AvgIpc) is 2.68. The number of hydroxylamine groups is 1. The van der Waals surface area contributed by atoms with Gasteiger partial charge in [0.05, 0.1) is 6.61 Å². The predicted octanol–water partition coefficient (Wildman–Crippen LogP) is 2.82. The maximum absolute atomic E-state index is 14.4. The first kappa shape index (κ1) is 19.4. The van der Waals surface area contributed by atoms with E-state index in [0.29, 0.717) is 0 Å². The first-order valence-corrected chi connectivity index (χ1v) is 8.77.